The van der Waals surface area contributed by atoms with E-state index in [-0.39, 0.29) is 35.7 Å². The summed E-state index contributed by atoms with van der Waals surface area (Å²) in [6.07, 6.45) is 1.49. The lowest BCUT2D eigenvalue weighted by molar-refractivity contribution is 0.0108. The zero-order chi connectivity index (χ0) is 32.1. The molecule has 0 saturated carbocycles. The van der Waals surface area contributed by atoms with Gasteiger partial charge < -0.3 is 29.6 Å². The van der Waals surface area contributed by atoms with Gasteiger partial charge in [-0.3, -0.25) is 0 Å². The summed E-state index contributed by atoms with van der Waals surface area (Å²) < 4.78 is 50.1. The van der Waals surface area contributed by atoms with Crippen molar-refractivity contribution in [1.29, 1.82) is 0 Å². The van der Waals surface area contributed by atoms with Crippen LogP contribution in [0, 0.1) is 11.6 Å². The molecule has 2 heterocycles. The highest BCUT2D eigenvalue weighted by molar-refractivity contribution is 5.38. The van der Waals surface area contributed by atoms with Crippen molar-refractivity contribution in [3.05, 3.63) is 131 Å². The maximum absolute atomic E-state index is 13.7. The summed E-state index contributed by atoms with van der Waals surface area (Å²) in [4.78, 5) is 0. The molecule has 0 bridgehead atoms. The van der Waals surface area contributed by atoms with Crippen LogP contribution >= 0.6 is 0 Å². The van der Waals surface area contributed by atoms with Gasteiger partial charge in [0, 0.05) is 38.0 Å². The molecule has 2 N–H and O–H groups in total. The Morgan fingerprint density at radius 1 is 0.630 bits per heavy atom. The number of hydrogen-bond donors (Lipinski definition) is 2. The first kappa shape index (κ1) is 33.5. The van der Waals surface area contributed by atoms with Gasteiger partial charge in [-0.1, -0.05) is 60.7 Å². The molecule has 6 rings (SSSR count). The normalized spacial score (nSPS) is 19.3. The van der Waals surface area contributed by atoms with Gasteiger partial charge in [-0.25, -0.2) is 8.78 Å². The van der Waals surface area contributed by atoms with Crippen LogP contribution in [0.2, 0.25) is 0 Å². The van der Waals surface area contributed by atoms with E-state index in [4.69, 9.17) is 18.9 Å². The van der Waals surface area contributed by atoms with Gasteiger partial charge in [-0.2, -0.15) is 0 Å². The summed E-state index contributed by atoms with van der Waals surface area (Å²) in [6, 6.07) is 29.9. The predicted octanol–water partition coefficient (Wildman–Crippen LogP) is 6.30. The lowest BCUT2D eigenvalue weighted by Gasteiger charge is -2.32. The van der Waals surface area contributed by atoms with Crippen molar-refractivity contribution in [2.24, 2.45) is 0 Å². The maximum atomic E-state index is 13.7. The topological polar surface area (TPSA) is 61.0 Å². The third kappa shape index (κ3) is 9.13. The molecule has 0 unspecified atom stereocenters. The quantitative estimate of drug-likeness (QED) is 0.215. The van der Waals surface area contributed by atoms with Gasteiger partial charge >= 0.3 is 0 Å². The second kappa shape index (κ2) is 17.2. The van der Waals surface area contributed by atoms with Crippen molar-refractivity contribution >= 4 is 0 Å². The van der Waals surface area contributed by atoms with Crippen molar-refractivity contribution in [1.82, 2.24) is 10.6 Å². The highest BCUT2D eigenvalue weighted by Crippen LogP contribution is 2.33. The molecule has 4 aromatic rings. The SMILES string of the molecule is COc1ccc(F)cc1C[C@@H](c1ccccc1)[C@@H]1CNCCO1.COc1ccc(F)cc1C[C@H](c1ccccc1)[C@H]1CNCCO1. The van der Waals surface area contributed by atoms with E-state index in [2.05, 4.69) is 34.9 Å². The van der Waals surface area contributed by atoms with Crippen LogP contribution in [-0.2, 0) is 22.3 Å². The molecule has 0 aliphatic carbocycles. The average Bonchev–Trinajstić information content (AvgIpc) is 3.11. The van der Waals surface area contributed by atoms with Crippen molar-refractivity contribution in [2.75, 3.05) is 53.6 Å². The predicted molar refractivity (Wildman–Crippen MR) is 177 cm³/mol. The molecule has 6 nitrogen and oxygen atoms in total. The van der Waals surface area contributed by atoms with Gasteiger partial charge in [-0.05, 0) is 71.5 Å². The fourth-order valence-electron chi connectivity index (χ4n) is 6.30. The summed E-state index contributed by atoms with van der Waals surface area (Å²) >= 11 is 0. The molecule has 2 aliphatic heterocycles. The third-order valence-electron chi connectivity index (χ3n) is 8.63. The summed E-state index contributed by atoms with van der Waals surface area (Å²) in [7, 11) is 3.24. The molecule has 2 aliphatic rings. The van der Waals surface area contributed by atoms with E-state index < -0.39 is 0 Å². The highest BCUT2D eigenvalue weighted by Gasteiger charge is 2.28. The Labute approximate surface area is 271 Å². The van der Waals surface area contributed by atoms with Crippen LogP contribution in [0.5, 0.6) is 11.5 Å². The number of nitrogens with one attached hydrogen (secondary N) is 2. The zero-order valence-electron chi connectivity index (χ0n) is 26.6. The van der Waals surface area contributed by atoms with Crippen LogP contribution in [0.15, 0.2) is 97.1 Å². The molecule has 2 fully saturated rings. The lowest BCUT2D eigenvalue weighted by Crippen LogP contribution is -2.42. The number of methoxy groups -OCH3 is 2. The second-order valence-electron chi connectivity index (χ2n) is 11.6. The van der Waals surface area contributed by atoms with E-state index in [0.717, 1.165) is 48.8 Å². The van der Waals surface area contributed by atoms with Crippen LogP contribution < -0.4 is 20.1 Å². The zero-order valence-corrected chi connectivity index (χ0v) is 26.6. The fraction of sp³-hybridized carbons (Fsp3) is 0.368. The van der Waals surface area contributed by atoms with E-state index in [9.17, 15) is 8.78 Å². The summed E-state index contributed by atoms with van der Waals surface area (Å²) in [5.41, 5.74) is 4.14. The average molecular weight is 631 g/mol. The van der Waals surface area contributed by atoms with Crippen molar-refractivity contribution in [3.8, 4) is 11.5 Å². The Balaban J connectivity index is 0.000000181. The van der Waals surface area contributed by atoms with E-state index in [0.29, 0.717) is 26.1 Å². The summed E-state index contributed by atoms with van der Waals surface area (Å²) in [6.45, 7) is 4.76. The smallest absolute Gasteiger partial charge is 0.123 e. The molecule has 244 valence electrons. The molecule has 2 saturated heterocycles. The Morgan fingerprint density at radius 3 is 1.39 bits per heavy atom. The first-order valence-electron chi connectivity index (χ1n) is 15.9. The molecular weight excluding hydrogens is 586 g/mol. The molecule has 46 heavy (non-hydrogen) atoms. The Hall–Kier alpha value is -3.82. The molecule has 4 aromatic carbocycles. The largest absolute Gasteiger partial charge is 0.496 e. The minimum absolute atomic E-state index is 0.0686. The number of benzene rings is 4. The van der Waals surface area contributed by atoms with Gasteiger partial charge in [0.2, 0.25) is 0 Å². The Morgan fingerprint density at radius 2 is 1.04 bits per heavy atom. The third-order valence-corrected chi connectivity index (χ3v) is 8.63. The maximum Gasteiger partial charge on any atom is 0.123 e. The van der Waals surface area contributed by atoms with Gasteiger partial charge in [-0.15, -0.1) is 0 Å². The van der Waals surface area contributed by atoms with Crippen molar-refractivity contribution in [3.63, 3.8) is 0 Å². The van der Waals surface area contributed by atoms with Crippen LogP contribution in [0.1, 0.15) is 34.1 Å². The molecule has 4 atom stereocenters. The first-order valence-corrected chi connectivity index (χ1v) is 15.9. The second-order valence-corrected chi connectivity index (χ2v) is 11.6. The van der Waals surface area contributed by atoms with Gasteiger partial charge in [0.25, 0.3) is 0 Å². The van der Waals surface area contributed by atoms with E-state index in [1.54, 1.807) is 38.5 Å². The minimum atomic E-state index is -0.240. The number of hydrogen-bond acceptors (Lipinski definition) is 6. The molecule has 0 amide bonds. The molecule has 0 spiro atoms. The minimum Gasteiger partial charge on any atom is -0.496 e. The van der Waals surface area contributed by atoms with Gasteiger partial charge in [0.1, 0.15) is 23.1 Å². The molecule has 0 aromatic heterocycles. The summed E-state index contributed by atoms with van der Waals surface area (Å²) in [5.74, 6) is 1.26. The van der Waals surface area contributed by atoms with Crippen LogP contribution in [0.25, 0.3) is 0 Å². The fourth-order valence-corrected chi connectivity index (χ4v) is 6.30. The number of rotatable bonds is 10. The Bertz CT molecular complexity index is 1370. The monoisotopic (exact) mass is 630 g/mol. The molecule has 0 radical (unpaired) electrons. The lowest BCUT2D eigenvalue weighted by atomic mass is 9.86. The number of halogens is 2. The standard InChI is InChI=1S/2C19H22FNO2/c2*1-22-18-8-7-16(20)11-15(18)12-17(14-5-3-2-4-6-14)19-13-21-9-10-23-19/h2*2-8,11,17,19,21H,9-10,12-13H2,1H3/t2*17-,19-/m10/s1. The van der Waals surface area contributed by atoms with Crippen molar-refractivity contribution in [2.45, 2.75) is 36.9 Å². The molecule has 8 heteroatoms. The van der Waals surface area contributed by atoms with Crippen LogP contribution in [0.3, 0.4) is 0 Å². The number of morpholine rings is 2. The van der Waals surface area contributed by atoms with E-state index >= 15 is 0 Å². The van der Waals surface area contributed by atoms with Crippen molar-refractivity contribution < 1.29 is 27.7 Å². The van der Waals surface area contributed by atoms with E-state index in [1.165, 1.54) is 23.3 Å². The van der Waals surface area contributed by atoms with Gasteiger partial charge in [0.05, 0.1) is 39.6 Å². The van der Waals surface area contributed by atoms with Gasteiger partial charge in [0.15, 0.2) is 0 Å². The van der Waals surface area contributed by atoms with Crippen LogP contribution in [-0.4, -0.2) is 65.8 Å². The first-order chi connectivity index (χ1) is 22.6. The highest BCUT2D eigenvalue weighted by atomic mass is 19.1. The van der Waals surface area contributed by atoms with Crippen LogP contribution in [0.4, 0.5) is 8.78 Å². The Kier molecular flexibility index (Phi) is 12.5. The van der Waals surface area contributed by atoms with E-state index in [1.807, 2.05) is 36.4 Å². The number of ether oxygens (including phenoxy) is 4. The summed E-state index contributed by atoms with van der Waals surface area (Å²) in [5, 5.41) is 6.76. The molecular formula is C38H44F2N2O4.